The minimum Gasteiger partial charge on any atom is -0.287 e. The van der Waals surface area contributed by atoms with Crippen molar-refractivity contribution >= 4 is 16.9 Å². The van der Waals surface area contributed by atoms with E-state index in [0.717, 1.165) is 36.5 Å². The van der Waals surface area contributed by atoms with Gasteiger partial charge in [-0.25, -0.2) is 0 Å². The van der Waals surface area contributed by atoms with Crippen LogP contribution in [0.2, 0.25) is 0 Å². The predicted octanol–water partition coefficient (Wildman–Crippen LogP) is 11.7. The monoisotopic (exact) mass is 542 g/mol. The summed E-state index contributed by atoms with van der Waals surface area (Å²) >= 11 is 1.72. The van der Waals surface area contributed by atoms with Crippen molar-refractivity contribution in [2.45, 2.75) is 174 Å². The summed E-state index contributed by atoms with van der Waals surface area (Å²) in [6.45, 7) is 9.95. The molecule has 0 bridgehead atoms. The number of allylic oxidation sites excluding steroid dienone is 2. The molecule has 0 aromatic heterocycles. The molecule has 0 amide bonds. The molecule has 4 rings (SSSR count). The Morgan fingerprint density at radius 1 is 0.816 bits per heavy atom. The number of fused-ring (bicyclic) bond motifs is 5. The third-order valence-corrected chi connectivity index (χ3v) is 13.4. The molecule has 218 valence electrons. The summed E-state index contributed by atoms with van der Waals surface area (Å²) in [4.78, 5) is 12.7. The van der Waals surface area contributed by atoms with E-state index < -0.39 is 0 Å². The summed E-state index contributed by atoms with van der Waals surface area (Å²) in [6.07, 6.45) is 32.3. The molecule has 38 heavy (non-hydrogen) atoms. The van der Waals surface area contributed by atoms with Crippen molar-refractivity contribution in [1.29, 1.82) is 0 Å². The Morgan fingerprint density at radius 2 is 1.50 bits per heavy atom. The second-order valence-corrected chi connectivity index (χ2v) is 15.9. The molecule has 0 aromatic carbocycles. The number of hydrogen-bond donors (Lipinski definition) is 0. The van der Waals surface area contributed by atoms with Gasteiger partial charge in [0.25, 0.3) is 0 Å². The van der Waals surface area contributed by atoms with E-state index in [1.54, 1.807) is 17.3 Å². The molecule has 0 heterocycles. The van der Waals surface area contributed by atoms with E-state index in [2.05, 4.69) is 33.8 Å². The molecule has 4 aliphatic carbocycles. The predicted molar refractivity (Wildman–Crippen MR) is 168 cm³/mol. The van der Waals surface area contributed by atoms with Crippen LogP contribution in [0.25, 0.3) is 0 Å². The Hall–Kier alpha value is -0.240. The molecule has 0 aromatic rings. The summed E-state index contributed by atoms with van der Waals surface area (Å²) in [5, 5.41) is 1.01. The first kappa shape index (κ1) is 30.7. The highest BCUT2D eigenvalue weighted by Gasteiger charge is 2.58. The van der Waals surface area contributed by atoms with Crippen LogP contribution in [0.5, 0.6) is 0 Å². The first-order valence-corrected chi connectivity index (χ1v) is 18.2. The van der Waals surface area contributed by atoms with Gasteiger partial charge in [0.2, 0.25) is 0 Å². The second kappa shape index (κ2) is 14.6. The number of carbonyl (C=O) groups excluding carboxylic acids is 1. The molecular formula is C36H62OS. The van der Waals surface area contributed by atoms with Gasteiger partial charge in [-0.05, 0) is 98.7 Å². The molecule has 3 saturated carbocycles. The molecule has 1 nitrogen and oxygen atoms in total. The van der Waals surface area contributed by atoms with E-state index in [0.29, 0.717) is 21.2 Å². The lowest BCUT2D eigenvalue weighted by molar-refractivity contribution is -0.111. The van der Waals surface area contributed by atoms with Gasteiger partial charge >= 0.3 is 0 Å². The number of unbranched alkanes of at least 4 members (excludes halogenated alkanes) is 10. The van der Waals surface area contributed by atoms with E-state index in [9.17, 15) is 4.79 Å². The van der Waals surface area contributed by atoms with E-state index in [4.69, 9.17) is 0 Å². The fraction of sp³-hybridized carbons (Fsp3) is 0.917. The Morgan fingerprint density at radius 3 is 2.24 bits per heavy atom. The van der Waals surface area contributed by atoms with Crippen molar-refractivity contribution in [3.05, 3.63) is 11.6 Å². The fourth-order valence-corrected chi connectivity index (χ4v) is 10.9. The van der Waals surface area contributed by atoms with Crippen LogP contribution >= 0.6 is 11.8 Å². The SMILES string of the molecule is CCCCCCCCC(=O)S[C@H]1CC[C@@]2(C)C(=CC[C@H]3[C@@H]4CC[C@@H](CCCCCCCC)[C@@]4(C)CC[C@@H]32)C1. The lowest BCUT2D eigenvalue weighted by atomic mass is 9.47. The van der Waals surface area contributed by atoms with Crippen LogP contribution in [0.15, 0.2) is 11.6 Å². The maximum absolute atomic E-state index is 12.7. The lowest BCUT2D eigenvalue weighted by Gasteiger charge is -2.58. The third kappa shape index (κ3) is 7.15. The lowest BCUT2D eigenvalue weighted by Crippen LogP contribution is -2.50. The summed E-state index contributed by atoms with van der Waals surface area (Å²) in [5.41, 5.74) is 2.78. The molecule has 0 spiro atoms. The Bertz CT molecular complexity index is 771. The minimum absolute atomic E-state index is 0.418. The van der Waals surface area contributed by atoms with Gasteiger partial charge in [0, 0.05) is 11.7 Å². The van der Waals surface area contributed by atoms with Crippen molar-refractivity contribution in [1.82, 2.24) is 0 Å². The largest absolute Gasteiger partial charge is 0.287 e. The van der Waals surface area contributed by atoms with E-state index in [1.807, 2.05) is 0 Å². The second-order valence-electron chi connectivity index (χ2n) is 14.5. The van der Waals surface area contributed by atoms with E-state index >= 15 is 0 Å². The van der Waals surface area contributed by atoms with Crippen LogP contribution in [0, 0.1) is 34.5 Å². The molecule has 7 atom stereocenters. The van der Waals surface area contributed by atoms with Crippen molar-refractivity contribution < 1.29 is 4.79 Å². The van der Waals surface area contributed by atoms with Crippen LogP contribution in [-0.4, -0.2) is 10.4 Å². The zero-order valence-electron chi connectivity index (χ0n) is 25.8. The van der Waals surface area contributed by atoms with Gasteiger partial charge in [-0.1, -0.05) is 122 Å². The van der Waals surface area contributed by atoms with Gasteiger partial charge in [0.15, 0.2) is 5.12 Å². The zero-order chi connectivity index (χ0) is 27.0. The van der Waals surface area contributed by atoms with Crippen molar-refractivity contribution in [3.8, 4) is 0 Å². The van der Waals surface area contributed by atoms with Gasteiger partial charge < -0.3 is 0 Å². The van der Waals surface area contributed by atoms with E-state index in [-0.39, 0.29) is 0 Å². The molecule has 4 aliphatic rings. The summed E-state index contributed by atoms with van der Waals surface area (Å²) in [5.74, 6) is 3.78. The highest BCUT2D eigenvalue weighted by atomic mass is 32.2. The van der Waals surface area contributed by atoms with Gasteiger partial charge in [-0.2, -0.15) is 0 Å². The molecule has 0 N–H and O–H groups in total. The molecule has 0 unspecified atom stereocenters. The standard InChI is InChI=1S/C36H62OS/c1-5-7-9-11-13-15-17-28-20-22-32-31-21-19-29-27-30(38-34(37)18-16-14-12-10-8-6-2)23-25-36(29,4)33(31)24-26-35(28,32)3/h19,28,30-33H,5-18,20-27H2,1-4H3/t28-,30+,31+,32+,33+,35-,36+/m1/s1. The van der Waals surface area contributed by atoms with Crippen LogP contribution in [-0.2, 0) is 4.79 Å². The molecule has 3 fully saturated rings. The summed E-state index contributed by atoms with van der Waals surface area (Å²) < 4.78 is 0. The highest BCUT2D eigenvalue weighted by Crippen LogP contribution is 2.67. The smallest absolute Gasteiger partial charge is 0.189 e. The molecular weight excluding hydrogens is 480 g/mol. The maximum atomic E-state index is 12.7. The first-order chi connectivity index (χ1) is 18.4. The molecule has 0 saturated heterocycles. The summed E-state index contributed by atoms with van der Waals surface area (Å²) in [6, 6.07) is 0. The quantitative estimate of drug-likeness (QED) is 0.151. The Balaban J connectivity index is 1.27. The van der Waals surface area contributed by atoms with Crippen molar-refractivity contribution in [3.63, 3.8) is 0 Å². The Labute approximate surface area is 241 Å². The molecule has 0 aliphatic heterocycles. The first-order valence-electron chi connectivity index (χ1n) is 17.3. The third-order valence-electron chi connectivity index (χ3n) is 12.2. The average Bonchev–Trinajstić information content (AvgIpc) is 3.24. The number of carbonyl (C=O) groups is 1. The van der Waals surface area contributed by atoms with Gasteiger partial charge in [0.05, 0.1) is 0 Å². The minimum atomic E-state index is 0.418. The van der Waals surface area contributed by atoms with Crippen LogP contribution in [0.3, 0.4) is 0 Å². The van der Waals surface area contributed by atoms with Gasteiger partial charge in [-0.3, -0.25) is 4.79 Å². The zero-order valence-corrected chi connectivity index (χ0v) is 26.7. The molecule has 0 radical (unpaired) electrons. The normalized spacial score (nSPS) is 36.3. The maximum Gasteiger partial charge on any atom is 0.189 e. The number of rotatable bonds is 15. The van der Waals surface area contributed by atoms with Crippen LogP contribution in [0.4, 0.5) is 0 Å². The van der Waals surface area contributed by atoms with Crippen LogP contribution < -0.4 is 0 Å². The highest BCUT2D eigenvalue weighted by molar-refractivity contribution is 8.14. The summed E-state index contributed by atoms with van der Waals surface area (Å²) in [7, 11) is 0. The van der Waals surface area contributed by atoms with Gasteiger partial charge in [-0.15, -0.1) is 0 Å². The van der Waals surface area contributed by atoms with Gasteiger partial charge in [0.1, 0.15) is 0 Å². The molecule has 2 heteroatoms. The topological polar surface area (TPSA) is 17.1 Å². The van der Waals surface area contributed by atoms with Crippen molar-refractivity contribution in [2.75, 3.05) is 0 Å². The van der Waals surface area contributed by atoms with Crippen LogP contribution in [0.1, 0.15) is 169 Å². The average molecular weight is 543 g/mol. The van der Waals surface area contributed by atoms with E-state index in [1.165, 1.54) is 128 Å². The fourth-order valence-electron chi connectivity index (χ4n) is 9.78. The Kier molecular flexibility index (Phi) is 11.8. The van der Waals surface area contributed by atoms with Crippen molar-refractivity contribution in [2.24, 2.45) is 34.5 Å². The number of thioether (sulfide) groups is 1. The number of hydrogen-bond acceptors (Lipinski definition) is 2.